The van der Waals surface area contributed by atoms with Crippen molar-refractivity contribution >= 4 is 50.0 Å². The minimum absolute atomic E-state index is 0.124. The van der Waals surface area contributed by atoms with Crippen LogP contribution >= 0.6 is 27.5 Å². The minimum Gasteiger partial charge on any atom is -0.495 e. The van der Waals surface area contributed by atoms with E-state index in [0.717, 1.165) is 27.7 Å². The number of methoxy groups -OCH3 is 1. The molecule has 1 atom stereocenters. The Kier molecular flexibility index (Phi) is 5.69. The predicted octanol–water partition coefficient (Wildman–Crippen LogP) is 4.72. The molecular weight excluding hydrogens is 456 g/mol. The highest BCUT2D eigenvalue weighted by Crippen LogP contribution is 2.34. The molecule has 29 heavy (non-hydrogen) atoms. The zero-order valence-electron chi connectivity index (χ0n) is 16.3. The maximum Gasteiger partial charge on any atom is 0.224 e. The lowest BCUT2D eigenvalue weighted by molar-refractivity contribution is -0.135. The highest BCUT2D eigenvalue weighted by Gasteiger charge is 2.33. The second-order valence-corrected chi connectivity index (χ2v) is 8.10. The molecule has 1 saturated heterocycles. The standard InChI is InChI=1S/C21H22BrClN4O2/c1-3-20(28)26-11-10-25(14-8-9-16(23)18(12-14)29-2)13-19(26)27-17-7-5-4-6-15(17)21(22)24-27/h4-9,12,19H,3,10-11,13H2,1-2H3. The molecule has 0 radical (unpaired) electrons. The first kappa shape index (κ1) is 20.0. The number of hydrogen-bond acceptors (Lipinski definition) is 4. The lowest BCUT2D eigenvalue weighted by Gasteiger charge is -2.42. The van der Waals surface area contributed by atoms with Crippen LogP contribution in [0.1, 0.15) is 19.5 Å². The van der Waals surface area contributed by atoms with E-state index in [1.807, 2.05) is 59.0 Å². The van der Waals surface area contributed by atoms with Crippen molar-refractivity contribution in [2.75, 3.05) is 31.6 Å². The summed E-state index contributed by atoms with van der Waals surface area (Å²) in [6.45, 7) is 3.86. The van der Waals surface area contributed by atoms with Crippen LogP contribution in [0.3, 0.4) is 0 Å². The first-order valence-electron chi connectivity index (χ1n) is 9.54. The Bertz CT molecular complexity index is 1050. The van der Waals surface area contributed by atoms with Gasteiger partial charge in [0, 0.05) is 36.7 Å². The summed E-state index contributed by atoms with van der Waals surface area (Å²) in [5.74, 6) is 0.763. The smallest absolute Gasteiger partial charge is 0.224 e. The molecule has 3 aromatic rings. The van der Waals surface area contributed by atoms with E-state index in [1.165, 1.54) is 0 Å². The summed E-state index contributed by atoms with van der Waals surface area (Å²) in [6.07, 6.45) is 0.250. The number of piperazine rings is 1. The molecule has 1 fully saturated rings. The third-order valence-corrected chi connectivity index (χ3v) is 6.23. The van der Waals surface area contributed by atoms with Gasteiger partial charge in [-0.05, 0) is 34.1 Å². The average molecular weight is 478 g/mol. The first-order valence-corrected chi connectivity index (χ1v) is 10.7. The number of carbonyl (C=O) groups is 1. The van der Waals surface area contributed by atoms with E-state index in [9.17, 15) is 4.79 Å². The van der Waals surface area contributed by atoms with E-state index in [1.54, 1.807) is 7.11 Å². The molecule has 1 aliphatic rings. The number of hydrogen-bond donors (Lipinski definition) is 0. The van der Waals surface area contributed by atoms with E-state index in [4.69, 9.17) is 21.4 Å². The van der Waals surface area contributed by atoms with Crippen molar-refractivity contribution in [3.8, 4) is 5.75 Å². The summed E-state index contributed by atoms with van der Waals surface area (Å²) in [7, 11) is 1.61. The molecule has 0 bridgehead atoms. The normalized spacial score (nSPS) is 17.0. The van der Waals surface area contributed by atoms with Crippen LogP contribution in [0.5, 0.6) is 5.75 Å². The Morgan fingerprint density at radius 3 is 2.83 bits per heavy atom. The van der Waals surface area contributed by atoms with E-state index >= 15 is 0 Å². The summed E-state index contributed by atoms with van der Waals surface area (Å²) in [6, 6.07) is 13.8. The molecular formula is C21H22BrClN4O2. The molecule has 1 aliphatic heterocycles. The number of rotatable bonds is 4. The molecule has 2 aromatic carbocycles. The maximum absolute atomic E-state index is 12.7. The minimum atomic E-state index is -0.214. The molecule has 2 heterocycles. The van der Waals surface area contributed by atoms with Gasteiger partial charge in [-0.1, -0.05) is 36.7 Å². The highest BCUT2D eigenvalue weighted by molar-refractivity contribution is 9.10. The fourth-order valence-electron chi connectivity index (χ4n) is 3.82. The molecule has 1 amide bonds. The molecule has 8 heteroatoms. The summed E-state index contributed by atoms with van der Waals surface area (Å²) >= 11 is 9.76. The van der Waals surface area contributed by atoms with Crippen molar-refractivity contribution < 1.29 is 9.53 Å². The van der Waals surface area contributed by atoms with E-state index in [0.29, 0.717) is 30.3 Å². The summed E-state index contributed by atoms with van der Waals surface area (Å²) in [5.41, 5.74) is 2.00. The number of para-hydroxylation sites is 1. The molecule has 152 valence electrons. The fraction of sp³-hybridized carbons (Fsp3) is 0.333. The number of halogens is 2. The second kappa shape index (κ2) is 8.24. The molecule has 1 unspecified atom stereocenters. The summed E-state index contributed by atoms with van der Waals surface area (Å²) in [5, 5.41) is 6.33. The molecule has 6 nitrogen and oxygen atoms in total. The molecule has 0 saturated carbocycles. The van der Waals surface area contributed by atoms with Crippen LogP contribution in [0, 0.1) is 0 Å². The number of fused-ring (bicyclic) bond motifs is 1. The van der Waals surface area contributed by atoms with Gasteiger partial charge in [-0.2, -0.15) is 5.10 Å². The van der Waals surface area contributed by atoms with Crippen molar-refractivity contribution in [1.82, 2.24) is 14.7 Å². The first-order chi connectivity index (χ1) is 14.0. The van der Waals surface area contributed by atoms with Crippen LogP contribution in [0.4, 0.5) is 5.69 Å². The van der Waals surface area contributed by atoms with Gasteiger partial charge in [-0.15, -0.1) is 0 Å². The van der Waals surface area contributed by atoms with Crippen LogP contribution in [0.2, 0.25) is 5.02 Å². The Balaban J connectivity index is 1.74. The van der Waals surface area contributed by atoms with Crippen molar-refractivity contribution in [2.45, 2.75) is 19.5 Å². The van der Waals surface area contributed by atoms with E-state index in [-0.39, 0.29) is 12.1 Å². The van der Waals surface area contributed by atoms with Crippen LogP contribution < -0.4 is 9.64 Å². The Morgan fingerprint density at radius 2 is 2.07 bits per heavy atom. The van der Waals surface area contributed by atoms with Gasteiger partial charge in [-0.25, -0.2) is 4.68 Å². The molecule has 0 N–H and O–H groups in total. The van der Waals surface area contributed by atoms with Gasteiger partial charge in [-0.3, -0.25) is 4.79 Å². The van der Waals surface area contributed by atoms with Crippen molar-refractivity contribution in [3.63, 3.8) is 0 Å². The van der Waals surface area contributed by atoms with Gasteiger partial charge >= 0.3 is 0 Å². The summed E-state index contributed by atoms with van der Waals surface area (Å²) < 4.78 is 8.11. The highest BCUT2D eigenvalue weighted by atomic mass is 79.9. The molecule has 1 aromatic heterocycles. The predicted molar refractivity (Wildman–Crippen MR) is 119 cm³/mol. The largest absolute Gasteiger partial charge is 0.495 e. The van der Waals surface area contributed by atoms with Crippen molar-refractivity contribution in [1.29, 1.82) is 0 Å². The van der Waals surface area contributed by atoms with Gasteiger partial charge in [0.05, 0.1) is 24.2 Å². The number of ether oxygens (including phenoxy) is 1. The monoisotopic (exact) mass is 476 g/mol. The average Bonchev–Trinajstić information content (AvgIpc) is 3.10. The zero-order chi connectivity index (χ0) is 20.5. The van der Waals surface area contributed by atoms with Crippen LogP contribution in [0.25, 0.3) is 10.9 Å². The lowest BCUT2D eigenvalue weighted by Crippen LogP contribution is -2.52. The van der Waals surface area contributed by atoms with Crippen molar-refractivity contribution in [2.24, 2.45) is 0 Å². The van der Waals surface area contributed by atoms with Crippen LogP contribution in [0.15, 0.2) is 47.1 Å². The van der Waals surface area contributed by atoms with Crippen LogP contribution in [-0.2, 0) is 4.79 Å². The van der Waals surface area contributed by atoms with Gasteiger partial charge in [0.15, 0.2) is 0 Å². The molecule has 0 spiro atoms. The van der Waals surface area contributed by atoms with E-state index < -0.39 is 0 Å². The van der Waals surface area contributed by atoms with Crippen molar-refractivity contribution in [3.05, 3.63) is 52.1 Å². The Labute approximate surface area is 183 Å². The Morgan fingerprint density at radius 1 is 1.28 bits per heavy atom. The SMILES string of the molecule is CCC(=O)N1CCN(c2ccc(Cl)c(OC)c2)CC1n1nc(Br)c2ccccc21. The number of carbonyl (C=O) groups excluding carboxylic acids is 1. The summed E-state index contributed by atoms with van der Waals surface area (Å²) in [4.78, 5) is 16.9. The number of nitrogens with zero attached hydrogens (tertiary/aromatic N) is 4. The topological polar surface area (TPSA) is 50.6 Å². The third kappa shape index (κ3) is 3.69. The number of aromatic nitrogens is 2. The van der Waals surface area contributed by atoms with Gasteiger partial charge in [0.1, 0.15) is 16.5 Å². The maximum atomic E-state index is 12.7. The van der Waals surface area contributed by atoms with Gasteiger partial charge in [0.2, 0.25) is 5.91 Å². The second-order valence-electron chi connectivity index (χ2n) is 6.94. The van der Waals surface area contributed by atoms with Gasteiger partial charge < -0.3 is 14.5 Å². The number of anilines is 1. The van der Waals surface area contributed by atoms with Crippen LogP contribution in [-0.4, -0.2) is 47.3 Å². The van der Waals surface area contributed by atoms with Gasteiger partial charge in [0.25, 0.3) is 0 Å². The lowest BCUT2D eigenvalue weighted by atomic mass is 10.2. The molecule has 0 aliphatic carbocycles. The Hall–Kier alpha value is -2.25. The molecule has 4 rings (SSSR count). The number of amides is 1. The fourth-order valence-corrected chi connectivity index (χ4v) is 4.53. The third-order valence-electron chi connectivity index (χ3n) is 5.33. The number of benzene rings is 2. The zero-order valence-corrected chi connectivity index (χ0v) is 18.7. The van der Waals surface area contributed by atoms with E-state index in [2.05, 4.69) is 20.8 Å². The quantitative estimate of drug-likeness (QED) is 0.546.